The van der Waals surface area contributed by atoms with Crippen LogP contribution in [0.15, 0.2) is 29.6 Å². The number of aromatic nitrogens is 3. The quantitative estimate of drug-likeness (QED) is 0.893. The van der Waals surface area contributed by atoms with E-state index in [1.165, 1.54) is 6.33 Å². The van der Waals surface area contributed by atoms with E-state index in [2.05, 4.69) is 15.0 Å². The number of hydrogen-bond donors (Lipinski definition) is 1. The molecule has 0 spiro atoms. The Hall–Kier alpha value is -2.17. The number of nitrogens with zero attached hydrogens (tertiary/aromatic N) is 2. The van der Waals surface area contributed by atoms with Crippen molar-refractivity contribution in [1.29, 1.82) is 0 Å². The monoisotopic (exact) mass is 259 g/mol. The molecule has 0 radical (unpaired) electrons. The topological polar surface area (TPSA) is 67.9 Å². The average Bonchev–Trinajstić information content (AvgIpc) is 2.42. The number of ether oxygens (including phenoxy) is 1. The molecule has 0 saturated carbocycles. The number of nitrogens with one attached hydrogen (secondary N) is 1. The van der Waals surface area contributed by atoms with Gasteiger partial charge in [0, 0.05) is 17.3 Å². The molecule has 0 aromatic carbocycles. The molecule has 0 aliphatic heterocycles. The predicted molar refractivity (Wildman–Crippen MR) is 73.3 cm³/mol. The summed E-state index contributed by atoms with van der Waals surface area (Å²) in [5, 5.41) is 0. The van der Waals surface area contributed by atoms with E-state index in [-0.39, 0.29) is 5.56 Å². The number of aromatic amines is 1. The zero-order valence-electron chi connectivity index (χ0n) is 11.1. The minimum absolute atomic E-state index is 0.0892. The highest BCUT2D eigenvalue weighted by molar-refractivity contribution is 5.62. The molecule has 0 saturated heterocycles. The summed E-state index contributed by atoms with van der Waals surface area (Å²) in [6, 6.07) is 1.86. The van der Waals surface area contributed by atoms with Crippen LogP contribution in [0.5, 0.6) is 5.75 Å². The zero-order valence-corrected chi connectivity index (χ0v) is 11.1. The highest BCUT2D eigenvalue weighted by Crippen LogP contribution is 2.22. The summed E-state index contributed by atoms with van der Waals surface area (Å²) >= 11 is 0. The standard InChI is InChI=1S/C14H17N3O2/c1-3-5-12-13(16-9-17-14(12)18)10-6-11(19-4-2)8-15-7-10/h6-9H,3-5H2,1-2H3,(H,16,17,18). The molecule has 0 aliphatic rings. The van der Waals surface area contributed by atoms with E-state index in [1.54, 1.807) is 12.4 Å². The molecule has 100 valence electrons. The largest absolute Gasteiger partial charge is 0.492 e. The lowest BCUT2D eigenvalue weighted by Crippen LogP contribution is -2.14. The van der Waals surface area contributed by atoms with E-state index in [1.807, 2.05) is 19.9 Å². The second-order valence-corrected chi connectivity index (χ2v) is 4.15. The van der Waals surface area contributed by atoms with Crippen LogP contribution in [0.25, 0.3) is 11.3 Å². The van der Waals surface area contributed by atoms with Gasteiger partial charge in [0.1, 0.15) is 5.75 Å². The first-order valence-corrected chi connectivity index (χ1v) is 6.41. The third-order valence-electron chi connectivity index (χ3n) is 2.75. The van der Waals surface area contributed by atoms with E-state index in [9.17, 15) is 4.79 Å². The van der Waals surface area contributed by atoms with Crippen LogP contribution in [-0.2, 0) is 6.42 Å². The number of hydrogen-bond acceptors (Lipinski definition) is 4. The van der Waals surface area contributed by atoms with Crippen LogP contribution < -0.4 is 10.3 Å². The van der Waals surface area contributed by atoms with Crippen molar-refractivity contribution >= 4 is 0 Å². The molecule has 0 fully saturated rings. The van der Waals surface area contributed by atoms with E-state index in [0.29, 0.717) is 30.0 Å². The van der Waals surface area contributed by atoms with Gasteiger partial charge in [0.2, 0.25) is 0 Å². The molecule has 2 heterocycles. The van der Waals surface area contributed by atoms with Gasteiger partial charge in [-0.15, -0.1) is 0 Å². The third-order valence-corrected chi connectivity index (χ3v) is 2.75. The lowest BCUT2D eigenvalue weighted by Gasteiger charge is -2.08. The summed E-state index contributed by atoms with van der Waals surface area (Å²) in [7, 11) is 0. The van der Waals surface area contributed by atoms with Crippen LogP contribution in [0.4, 0.5) is 0 Å². The van der Waals surface area contributed by atoms with Crippen molar-refractivity contribution in [3.63, 3.8) is 0 Å². The van der Waals surface area contributed by atoms with Gasteiger partial charge in [-0.3, -0.25) is 9.78 Å². The molecule has 0 atom stereocenters. The molecule has 0 aliphatic carbocycles. The molecule has 5 nitrogen and oxygen atoms in total. The van der Waals surface area contributed by atoms with Crippen LogP contribution in [0.2, 0.25) is 0 Å². The SMILES string of the molecule is CCCc1c(-c2cncc(OCC)c2)nc[nH]c1=O. The van der Waals surface area contributed by atoms with Gasteiger partial charge in [-0.1, -0.05) is 13.3 Å². The van der Waals surface area contributed by atoms with Gasteiger partial charge in [-0.05, 0) is 19.4 Å². The lowest BCUT2D eigenvalue weighted by atomic mass is 10.1. The van der Waals surface area contributed by atoms with Crippen LogP contribution >= 0.6 is 0 Å². The predicted octanol–water partition coefficient (Wildman–Crippen LogP) is 2.18. The summed E-state index contributed by atoms with van der Waals surface area (Å²) in [6.07, 6.45) is 6.35. The molecular weight excluding hydrogens is 242 g/mol. The summed E-state index contributed by atoms with van der Waals surface area (Å²) in [6.45, 7) is 4.53. The first kappa shape index (κ1) is 13.3. The van der Waals surface area contributed by atoms with Gasteiger partial charge in [-0.25, -0.2) is 4.98 Å². The summed E-state index contributed by atoms with van der Waals surface area (Å²) in [5.74, 6) is 0.685. The second-order valence-electron chi connectivity index (χ2n) is 4.15. The Labute approximate surface area is 111 Å². The Kier molecular flexibility index (Phi) is 4.28. The number of pyridine rings is 1. The molecule has 19 heavy (non-hydrogen) atoms. The van der Waals surface area contributed by atoms with Crippen LogP contribution in [0.3, 0.4) is 0 Å². The van der Waals surface area contributed by atoms with E-state index >= 15 is 0 Å². The Bertz CT molecular complexity index is 608. The fourth-order valence-electron chi connectivity index (χ4n) is 1.95. The van der Waals surface area contributed by atoms with Gasteiger partial charge < -0.3 is 9.72 Å². The van der Waals surface area contributed by atoms with Crippen LogP contribution in [-0.4, -0.2) is 21.6 Å². The van der Waals surface area contributed by atoms with Gasteiger partial charge in [0.15, 0.2) is 0 Å². The Morgan fingerprint density at radius 1 is 1.32 bits per heavy atom. The van der Waals surface area contributed by atoms with Crippen molar-refractivity contribution in [2.45, 2.75) is 26.7 Å². The van der Waals surface area contributed by atoms with Crippen molar-refractivity contribution in [2.24, 2.45) is 0 Å². The van der Waals surface area contributed by atoms with E-state index in [0.717, 1.165) is 12.0 Å². The van der Waals surface area contributed by atoms with Crippen LogP contribution in [0.1, 0.15) is 25.8 Å². The van der Waals surface area contributed by atoms with Gasteiger partial charge >= 0.3 is 0 Å². The van der Waals surface area contributed by atoms with Gasteiger partial charge in [0.05, 0.1) is 24.8 Å². The molecule has 2 aromatic heterocycles. The van der Waals surface area contributed by atoms with Crippen molar-refractivity contribution in [1.82, 2.24) is 15.0 Å². The Morgan fingerprint density at radius 3 is 2.89 bits per heavy atom. The summed E-state index contributed by atoms with van der Waals surface area (Å²) in [4.78, 5) is 22.9. The van der Waals surface area contributed by atoms with Crippen molar-refractivity contribution < 1.29 is 4.74 Å². The maximum Gasteiger partial charge on any atom is 0.254 e. The Balaban J connectivity index is 2.49. The fraction of sp³-hybridized carbons (Fsp3) is 0.357. The third kappa shape index (κ3) is 2.99. The van der Waals surface area contributed by atoms with E-state index < -0.39 is 0 Å². The maximum atomic E-state index is 11.9. The number of H-pyrrole nitrogens is 1. The minimum Gasteiger partial charge on any atom is -0.492 e. The van der Waals surface area contributed by atoms with Gasteiger partial charge in [0.25, 0.3) is 5.56 Å². The van der Waals surface area contributed by atoms with Crippen LogP contribution in [0, 0.1) is 0 Å². The molecule has 1 N–H and O–H groups in total. The second kappa shape index (κ2) is 6.13. The van der Waals surface area contributed by atoms with E-state index in [4.69, 9.17) is 4.74 Å². The van der Waals surface area contributed by atoms with Crippen molar-refractivity contribution in [3.8, 4) is 17.0 Å². The fourth-order valence-corrected chi connectivity index (χ4v) is 1.95. The van der Waals surface area contributed by atoms with Crippen molar-refractivity contribution in [3.05, 3.63) is 40.7 Å². The summed E-state index contributed by atoms with van der Waals surface area (Å²) < 4.78 is 5.42. The van der Waals surface area contributed by atoms with Crippen molar-refractivity contribution in [2.75, 3.05) is 6.61 Å². The number of rotatable bonds is 5. The Morgan fingerprint density at radius 2 is 2.16 bits per heavy atom. The summed E-state index contributed by atoms with van der Waals surface area (Å²) in [5.41, 5.74) is 2.09. The highest BCUT2D eigenvalue weighted by atomic mass is 16.5. The molecule has 0 bridgehead atoms. The zero-order chi connectivity index (χ0) is 13.7. The smallest absolute Gasteiger partial charge is 0.254 e. The molecule has 0 unspecified atom stereocenters. The molecule has 5 heteroatoms. The normalized spacial score (nSPS) is 10.4. The molecular formula is C14H17N3O2. The average molecular weight is 259 g/mol. The molecule has 2 rings (SSSR count). The van der Waals surface area contributed by atoms with Gasteiger partial charge in [-0.2, -0.15) is 0 Å². The molecule has 0 amide bonds. The molecule has 2 aromatic rings. The highest BCUT2D eigenvalue weighted by Gasteiger charge is 2.11. The first-order chi connectivity index (χ1) is 9.26. The maximum absolute atomic E-state index is 11.9. The minimum atomic E-state index is -0.0892. The lowest BCUT2D eigenvalue weighted by molar-refractivity contribution is 0.339. The first-order valence-electron chi connectivity index (χ1n) is 6.41.